The lowest BCUT2D eigenvalue weighted by atomic mass is 9.93. The van der Waals surface area contributed by atoms with Gasteiger partial charge in [-0.15, -0.1) is 11.3 Å². The predicted octanol–water partition coefficient (Wildman–Crippen LogP) is -0.267. The minimum Gasteiger partial charge on any atom is -0.478 e. The van der Waals surface area contributed by atoms with Crippen molar-refractivity contribution in [3.63, 3.8) is 0 Å². The highest BCUT2D eigenvalue weighted by Crippen LogP contribution is 2.25. The van der Waals surface area contributed by atoms with Gasteiger partial charge in [-0.2, -0.15) is 0 Å². The normalized spacial score (nSPS) is 24.3. The Labute approximate surface area is 165 Å². The molecule has 5 N–H and O–H groups in total. The smallest absolute Gasteiger partial charge is 0.370 e. The van der Waals surface area contributed by atoms with Crippen LogP contribution in [0.25, 0.3) is 6.08 Å². The van der Waals surface area contributed by atoms with Crippen LogP contribution in [-0.4, -0.2) is 76.0 Å². The fourth-order valence-corrected chi connectivity index (χ4v) is 3.34. The van der Waals surface area contributed by atoms with Gasteiger partial charge in [-0.05, 0) is 23.6 Å². The molecular weight excluding hydrogens is 390 g/mol. The van der Waals surface area contributed by atoms with E-state index in [4.69, 9.17) is 14.6 Å². The highest BCUT2D eigenvalue weighted by atomic mass is 32.1. The number of carboxylic acids is 1. The molecule has 1 aromatic rings. The first kappa shape index (κ1) is 22.1. The molecule has 0 radical (unpaired) electrons. The maximum Gasteiger partial charge on any atom is 0.370 e. The molecule has 10 heteroatoms. The van der Waals surface area contributed by atoms with E-state index in [2.05, 4.69) is 5.32 Å². The summed E-state index contributed by atoms with van der Waals surface area (Å²) in [5, 5.41) is 42.9. The molecule has 1 aliphatic rings. The average molecular weight is 413 g/mol. The summed E-state index contributed by atoms with van der Waals surface area (Å²) in [6.45, 7) is 0.582. The van der Waals surface area contributed by atoms with Crippen molar-refractivity contribution < 1.29 is 39.5 Å². The number of amides is 1. The van der Waals surface area contributed by atoms with Gasteiger partial charge in [0.15, 0.2) is 6.10 Å². The number of thiophene rings is 1. The molecule has 28 heavy (non-hydrogen) atoms. The first-order valence-electron chi connectivity index (χ1n) is 8.51. The number of carbonyl (C=O) groups excluding carboxylic acids is 1. The monoisotopic (exact) mass is 413 g/mol. The third-order valence-corrected chi connectivity index (χ3v) is 4.83. The van der Waals surface area contributed by atoms with Gasteiger partial charge in [0.05, 0.1) is 19.3 Å². The summed E-state index contributed by atoms with van der Waals surface area (Å²) < 4.78 is 11.0. The van der Waals surface area contributed by atoms with Crippen LogP contribution in [0, 0.1) is 0 Å². The Morgan fingerprint density at radius 2 is 2.18 bits per heavy atom. The Bertz CT molecular complexity index is 717. The summed E-state index contributed by atoms with van der Waals surface area (Å²) in [4.78, 5) is 24.0. The summed E-state index contributed by atoms with van der Waals surface area (Å²) in [6, 6.07) is 2.84. The minimum absolute atomic E-state index is 0.105. The van der Waals surface area contributed by atoms with Gasteiger partial charge in [0.1, 0.15) is 18.3 Å². The van der Waals surface area contributed by atoms with Gasteiger partial charge < -0.3 is 35.2 Å². The third kappa shape index (κ3) is 5.88. The fraction of sp³-hybridized carbons (Fsp3) is 0.444. The largest absolute Gasteiger partial charge is 0.478 e. The molecule has 0 saturated carbocycles. The first-order valence-corrected chi connectivity index (χ1v) is 9.39. The zero-order valence-electron chi connectivity index (χ0n) is 15.1. The number of rotatable bonds is 9. The van der Waals surface area contributed by atoms with Gasteiger partial charge in [0, 0.05) is 11.8 Å². The SMILES string of the molecule is CC(=O)NC1C(OC/C=C/c2cccs2)C=C(C(=O)O)O[C@H]1C(O)C(O)CO. The second kappa shape index (κ2) is 10.3. The Kier molecular flexibility index (Phi) is 8.15. The van der Waals surface area contributed by atoms with Crippen molar-refractivity contribution in [2.24, 2.45) is 0 Å². The van der Waals surface area contributed by atoms with Gasteiger partial charge in [-0.3, -0.25) is 4.79 Å². The summed E-state index contributed by atoms with van der Waals surface area (Å²) in [5.41, 5.74) is 0. The summed E-state index contributed by atoms with van der Waals surface area (Å²) in [6.07, 6.45) is -0.770. The van der Waals surface area contributed by atoms with Crippen LogP contribution in [0.3, 0.4) is 0 Å². The van der Waals surface area contributed by atoms with E-state index in [1.165, 1.54) is 24.3 Å². The number of nitrogens with one attached hydrogen (secondary N) is 1. The van der Waals surface area contributed by atoms with Gasteiger partial charge >= 0.3 is 5.97 Å². The summed E-state index contributed by atoms with van der Waals surface area (Å²) in [7, 11) is 0. The highest BCUT2D eigenvalue weighted by Gasteiger charge is 2.43. The number of aliphatic carboxylic acids is 1. The standard InChI is InChI=1S/C18H23NO8S/c1-10(21)19-15-13(26-6-2-4-11-5-3-7-28-11)8-14(18(24)25)27-17(15)16(23)12(22)9-20/h2-5,7-8,12-13,15-17,20,22-23H,6,9H2,1H3,(H,19,21)(H,24,25)/b4-2+/t12?,13?,15?,16?,17-/m1/s1. The van der Waals surface area contributed by atoms with Crippen LogP contribution >= 0.6 is 11.3 Å². The zero-order valence-corrected chi connectivity index (χ0v) is 15.9. The van der Waals surface area contributed by atoms with Crippen LogP contribution in [0.4, 0.5) is 0 Å². The number of carbonyl (C=O) groups is 2. The molecule has 0 aromatic carbocycles. The first-order chi connectivity index (χ1) is 13.3. The van der Waals surface area contributed by atoms with Crippen molar-refractivity contribution in [2.75, 3.05) is 13.2 Å². The molecule has 0 aliphatic carbocycles. The number of aliphatic hydroxyl groups excluding tert-OH is 3. The van der Waals surface area contributed by atoms with Crippen molar-refractivity contribution >= 4 is 29.3 Å². The molecular formula is C18H23NO8S. The number of aliphatic hydroxyl groups is 3. The molecule has 5 atom stereocenters. The van der Waals surface area contributed by atoms with E-state index in [-0.39, 0.29) is 6.61 Å². The van der Waals surface area contributed by atoms with Crippen LogP contribution in [0.5, 0.6) is 0 Å². The molecule has 4 unspecified atom stereocenters. The van der Waals surface area contributed by atoms with E-state index in [9.17, 15) is 24.9 Å². The molecule has 1 amide bonds. The second-order valence-corrected chi connectivity index (χ2v) is 7.08. The van der Waals surface area contributed by atoms with E-state index in [1.54, 1.807) is 6.08 Å². The van der Waals surface area contributed by atoms with E-state index in [0.717, 1.165) is 4.88 Å². The van der Waals surface area contributed by atoms with Crippen molar-refractivity contribution in [2.45, 2.75) is 37.4 Å². The molecule has 2 heterocycles. The van der Waals surface area contributed by atoms with Gasteiger partial charge in [-0.1, -0.05) is 12.1 Å². The van der Waals surface area contributed by atoms with Crippen molar-refractivity contribution in [1.29, 1.82) is 0 Å². The quantitative estimate of drug-likeness (QED) is 0.372. The van der Waals surface area contributed by atoms with Gasteiger partial charge in [-0.25, -0.2) is 4.79 Å². The van der Waals surface area contributed by atoms with E-state index >= 15 is 0 Å². The topological polar surface area (TPSA) is 146 Å². The maximum absolute atomic E-state index is 11.6. The number of carboxylic acid groups (broad SMARTS) is 1. The lowest BCUT2D eigenvalue weighted by molar-refractivity contribution is -0.151. The van der Waals surface area contributed by atoms with E-state index < -0.39 is 54.7 Å². The Morgan fingerprint density at radius 3 is 2.75 bits per heavy atom. The van der Waals surface area contributed by atoms with E-state index in [0.29, 0.717) is 0 Å². The molecule has 9 nitrogen and oxygen atoms in total. The van der Waals surface area contributed by atoms with Crippen molar-refractivity contribution in [1.82, 2.24) is 5.32 Å². The molecule has 1 aromatic heterocycles. The van der Waals surface area contributed by atoms with Crippen LogP contribution in [0.1, 0.15) is 11.8 Å². The molecule has 0 bridgehead atoms. The minimum atomic E-state index is -1.65. The molecule has 0 saturated heterocycles. The fourth-order valence-electron chi connectivity index (χ4n) is 2.70. The maximum atomic E-state index is 11.6. The Hall–Kier alpha value is -2.24. The Balaban J connectivity index is 2.21. The molecule has 2 rings (SSSR count). The number of hydrogen-bond donors (Lipinski definition) is 5. The van der Waals surface area contributed by atoms with Gasteiger partial charge in [0.2, 0.25) is 11.7 Å². The van der Waals surface area contributed by atoms with E-state index in [1.807, 2.05) is 23.6 Å². The van der Waals surface area contributed by atoms with Crippen LogP contribution in [0.2, 0.25) is 0 Å². The molecule has 154 valence electrons. The lowest BCUT2D eigenvalue weighted by Gasteiger charge is -2.39. The molecule has 0 fully saturated rings. The lowest BCUT2D eigenvalue weighted by Crippen LogP contribution is -2.60. The number of ether oxygens (including phenoxy) is 2. The highest BCUT2D eigenvalue weighted by molar-refractivity contribution is 7.10. The van der Waals surface area contributed by atoms with Crippen LogP contribution in [-0.2, 0) is 19.1 Å². The second-order valence-electron chi connectivity index (χ2n) is 6.10. The summed E-state index contributed by atoms with van der Waals surface area (Å²) >= 11 is 1.54. The Morgan fingerprint density at radius 1 is 1.43 bits per heavy atom. The van der Waals surface area contributed by atoms with Crippen LogP contribution < -0.4 is 5.32 Å². The van der Waals surface area contributed by atoms with Gasteiger partial charge in [0.25, 0.3) is 0 Å². The number of hydrogen-bond acceptors (Lipinski definition) is 8. The molecule has 0 spiro atoms. The predicted molar refractivity (Wildman–Crippen MR) is 100 cm³/mol. The molecule has 1 aliphatic heterocycles. The zero-order chi connectivity index (χ0) is 20.7. The van der Waals surface area contributed by atoms with Crippen molar-refractivity contribution in [3.8, 4) is 0 Å². The average Bonchev–Trinajstić information content (AvgIpc) is 3.17. The van der Waals surface area contributed by atoms with Crippen LogP contribution in [0.15, 0.2) is 35.4 Å². The summed E-state index contributed by atoms with van der Waals surface area (Å²) in [5.74, 6) is -2.33. The van der Waals surface area contributed by atoms with Crippen molar-refractivity contribution in [3.05, 3.63) is 40.3 Å². The third-order valence-electron chi connectivity index (χ3n) is 4.00.